The van der Waals surface area contributed by atoms with E-state index in [1.54, 1.807) is 12.1 Å². The van der Waals surface area contributed by atoms with Crippen molar-refractivity contribution >= 4 is 24.9 Å². The number of rotatable bonds is 4. The summed E-state index contributed by atoms with van der Waals surface area (Å²) in [5.74, 6) is -2.35. The summed E-state index contributed by atoms with van der Waals surface area (Å²) >= 11 is 0. The summed E-state index contributed by atoms with van der Waals surface area (Å²) in [5.41, 5.74) is 6.17. The average molecular weight is 361 g/mol. The Kier molecular flexibility index (Phi) is 5.14. The molecule has 26 heavy (non-hydrogen) atoms. The molecule has 0 aromatic heterocycles. The molecular weight excluding hydrogens is 341 g/mol. The molecule has 138 valence electrons. The molecule has 10 heteroatoms. The lowest BCUT2D eigenvalue weighted by molar-refractivity contribution is -0.126. The largest absolute Gasteiger partial charge is 0.547 e. The Hall–Kier alpha value is -2.59. The van der Waals surface area contributed by atoms with Crippen molar-refractivity contribution in [1.82, 2.24) is 10.6 Å². The minimum atomic E-state index is -1.36. The summed E-state index contributed by atoms with van der Waals surface area (Å²) in [5, 5.41) is 24.7. The quantitative estimate of drug-likeness (QED) is 0.424. The molecular formula is C16H20BN3O6. The summed E-state index contributed by atoms with van der Waals surface area (Å²) in [6.45, 7) is 0. The maximum atomic E-state index is 12.2. The fraction of sp³-hybridized carbons (Fsp3) is 0.438. The van der Waals surface area contributed by atoms with Gasteiger partial charge in [-0.3, -0.25) is 9.59 Å². The van der Waals surface area contributed by atoms with Gasteiger partial charge in [-0.1, -0.05) is 12.1 Å². The van der Waals surface area contributed by atoms with E-state index in [0.29, 0.717) is 18.4 Å². The average Bonchev–Trinajstić information content (AvgIpc) is 2.58. The number of carboxylic acids is 1. The summed E-state index contributed by atoms with van der Waals surface area (Å²) in [6.07, 6.45) is 1.44. The van der Waals surface area contributed by atoms with Crippen molar-refractivity contribution in [1.29, 1.82) is 0 Å². The molecule has 2 aliphatic heterocycles. The standard InChI is InChI=1S/C16H20BN3O6/c18-11-5-4-9(19-15(11)22)7-13(21)20-12-6-8-2-1-3-10(16(23)24)14(8)26-17(12)25/h1-3,9,11-12,25H,4-7,18H2,(H,19,22)(H,20,21)(H,23,24)/t9?,11?,12-/m0/s1. The number of fused-ring (bicyclic) bond motifs is 1. The van der Waals surface area contributed by atoms with Crippen LogP contribution < -0.4 is 21.0 Å². The molecule has 0 bridgehead atoms. The van der Waals surface area contributed by atoms with Crippen LogP contribution in [0.1, 0.15) is 35.2 Å². The number of piperidine rings is 1. The smallest absolute Gasteiger partial charge is 0.534 e. The number of hydrogen-bond donors (Lipinski definition) is 5. The molecule has 1 aromatic rings. The topological polar surface area (TPSA) is 151 Å². The second kappa shape index (κ2) is 7.34. The van der Waals surface area contributed by atoms with Gasteiger partial charge in [0.2, 0.25) is 11.8 Å². The van der Waals surface area contributed by atoms with Crippen LogP contribution >= 0.6 is 0 Å². The Bertz CT molecular complexity index is 743. The molecule has 6 N–H and O–H groups in total. The SMILES string of the molecule is NC1CCC(CC(=O)N[C@H]2Cc3cccc(C(=O)O)c3OB2O)NC1=O. The van der Waals surface area contributed by atoms with Crippen LogP contribution in [0.3, 0.4) is 0 Å². The Balaban J connectivity index is 1.62. The molecule has 2 aliphatic rings. The Morgan fingerprint density at radius 2 is 2.15 bits per heavy atom. The minimum Gasteiger partial charge on any atom is -0.534 e. The monoisotopic (exact) mass is 361 g/mol. The zero-order chi connectivity index (χ0) is 18.8. The van der Waals surface area contributed by atoms with Crippen LogP contribution in [0, 0.1) is 0 Å². The Labute approximate surface area is 150 Å². The molecule has 3 atom stereocenters. The van der Waals surface area contributed by atoms with Crippen LogP contribution in [0.25, 0.3) is 0 Å². The molecule has 0 radical (unpaired) electrons. The van der Waals surface area contributed by atoms with Gasteiger partial charge in [-0.05, 0) is 30.9 Å². The van der Waals surface area contributed by atoms with Crippen molar-refractivity contribution in [3.05, 3.63) is 29.3 Å². The summed E-state index contributed by atoms with van der Waals surface area (Å²) < 4.78 is 5.33. The van der Waals surface area contributed by atoms with E-state index >= 15 is 0 Å². The number of nitrogens with two attached hydrogens (primary N) is 1. The minimum absolute atomic E-state index is 0.0346. The Morgan fingerprint density at radius 1 is 1.38 bits per heavy atom. The lowest BCUT2D eigenvalue weighted by Crippen LogP contribution is -2.55. The molecule has 2 unspecified atom stereocenters. The first-order chi connectivity index (χ1) is 12.3. The molecule has 1 aromatic carbocycles. The van der Waals surface area contributed by atoms with Crippen LogP contribution in [0.2, 0.25) is 0 Å². The first-order valence-corrected chi connectivity index (χ1v) is 8.40. The van der Waals surface area contributed by atoms with Gasteiger partial charge in [0.05, 0.1) is 17.5 Å². The van der Waals surface area contributed by atoms with Crippen LogP contribution in [0.15, 0.2) is 18.2 Å². The molecule has 0 spiro atoms. The van der Waals surface area contributed by atoms with Crippen LogP contribution in [0.5, 0.6) is 5.75 Å². The molecule has 0 aliphatic carbocycles. The predicted octanol–water partition coefficient (Wildman–Crippen LogP) is -1.18. The molecule has 2 amide bonds. The molecule has 3 rings (SSSR count). The van der Waals surface area contributed by atoms with Gasteiger partial charge >= 0.3 is 13.1 Å². The van der Waals surface area contributed by atoms with Crippen LogP contribution in [0.4, 0.5) is 0 Å². The van der Waals surface area contributed by atoms with E-state index in [2.05, 4.69) is 10.6 Å². The lowest BCUT2D eigenvalue weighted by Gasteiger charge is -2.30. The van der Waals surface area contributed by atoms with Gasteiger partial charge in [0.1, 0.15) is 5.75 Å². The van der Waals surface area contributed by atoms with E-state index in [-0.39, 0.29) is 42.0 Å². The number of hydrogen-bond acceptors (Lipinski definition) is 6. The maximum absolute atomic E-state index is 12.2. The van der Waals surface area contributed by atoms with Crippen molar-refractivity contribution in [3.8, 4) is 5.75 Å². The highest BCUT2D eigenvalue weighted by atomic mass is 16.5. The van der Waals surface area contributed by atoms with Crippen molar-refractivity contribution in [2.24, 2.45) is 5.73 Å². The zero-order valence-corrected chi connectivity index (χ0v) is 14.0. The molecule has 1 fully saturated rings. The van der Waals surface area contributed by atoms with Gasteiger partial charge in [-0.2, -0.15) is 0 Å². The van der Waals surface area contributed by atoms with Crippen LogP contribution in [-0.2, 0) is 16.0 Å². The van der Waals surface area contributed by atoms with Crippen LogP contribution in [-0.4, -0.2) is 53.1 Å². The Morgan fingerprint density at radius 3 is 2.85 bits per heavy atom. The van der Waals surface area contributed by atoms with E-state index in [4.69, 9.17) is 10.4 Å². The highest BCUT2D eigenvalue weighted by molar-refractivity contribution is 6.47. The highest BCUT2D eigenvalue weighted by Gasteiger charge is 2.38. The molecule has 1 saturated heterocycles. The first kappa shape index (κ1) is 18.2. The van der Waals surface area contributed by atoms with Crippen molar-refractivity contribution in [2.45, 2.75) is 43.7 Å². The third-order valence-corrected chi connectivity index (χ3v) is 4.64. The summed E-state index contributed by atoms with van der Waals surface area (Å²) in [7, 11) is -1.36. The van der Waals surface area contributed by atoms with E-state index in [1.165, 1.54) is 6.07 Å². The number of amides is 2. The third-order valence-electron chi connectivity index (χ3n) is 4.64. The van der Waals surface area contributed by atoms with E-state index in [0.717, 1.165) is 0 Å². The normalized spacial score (nSPS) is 24.9. The summed E-state index contributed by atoms with van der Waals surface area (Å²) in [6, 6.07) is 3.83. The van der Waals surface area contributed by atoms with Gasteiger partial charge in [0.15, 0.2) is 0 Å². The first-order valence-electron chi connectivity index (χ1n) is 8.40. The van der Waals surface area contributed by atoms with E-state index < -0.39 is 25.1 Å². The number of aromatic carboxylic acids is 1. The summed E-state index contributed by atoms with van der Waals surface area (Å²) in [4.78, 5) is 35.1. The van der Waals surface area contributed by atoms with Gasteiger partial charge in [-0.25, -0.2) is 4.79 Å². The third kappa shape index (κ3) is 3.81. The highest BCUT2D eigenvalue weighted by Crippen LogP contribution is 2.30. The second-order valence-corrected chi connectivity index (χ2v) is 6.58. The number of carbonyl (C=O) groups is 3. The van der Waals surface area contributed by atoms with E-state index in [1.807, 2.05) is 0 Å². The molecule has 2 heterocycles. The van der Waals surface area contributed by atoms with Gasteiger partial charge in [0, 0.05) is 12.5 Å². The predicted molar refractivity (Wildman–Crippen MR) is 91.4 cm³/mol. The van der Waals surface area contributed by atoms with Crippen molar-refractivity contribution in [2.75, 3.05) is 0 Å². The lowest BCUT2D eigenvalue weighted by atomic mass is 9.72. The fourth-order valence-electron chi connectivity index (χ4n) is 3.25. The molecule has 9 nitrogen and oxygen atoms in total. The maximum Gasteiger partial charge on any atom is 0.547 e. The van der Waals surface area contributed by atoms with Crippen molar-refractivity contribution in [3.63, 3.8) is 0 Å². The van der Waals surface area contributed by atoms with Gasteiger partial charge in [-0.15, -0.1) is 0 Å². The van der Waals surface area contributed by atoms with Crippen molar-refractivity contribution < 1.29 is 29.2 Å². The van der Waals surface area contributed by atoms with Gasteiger partial charge in [0.25, 0.3) is 0 Å². The molecule has 0 saturated carbocycles. The number of carboxylic acid groups (broad SMARTS) is 1. The van der Waals surface area contributed by atoms with E-state index in [9.17, 15) is 24.5 Å². The zero-order valence-electron chi connectivity index (χ0n) is 14.0. The second-order valence-electron chi connectivity index (χ2n) is 6.58. The number of carbonyl (C=O) groups excluding carboxylic acids is 2. The fourth-order valence-corrected chi connectivity index (χ4v) is 3.25. The number of para-hydroxylation sites is 1. The number of benzene rings is 1. The van der Waals surface area contributed by atoms with Gasteiger partial charge < -0.3 is 31.2 Å². The number of nitrogens with one attached hydrogen (secondary N) is 2.